The lowest BCUT2D eigenvalue weighted by molar-refractivity contribution is -0.121. The minimum atomic E-state index is 0.0528. The van der Waals surface area contributed by atoms with E-state index in [1.807, 2.05) is 28.9 Å². The maximum Gasteiger partial charge on any atom is 0.220 e. The van der Waals surface area contributed by atoms with Crippen LogP contribution in [0.15, 0.2) is 24.3 Å². The number of amides is 1. The smallest absolute Gasteiger partial charge is 0.220 e. The van der Waals surface area contributed by atoms with Crippen molar-refractivity contribution in [2.45, 2.75) is 45.1 Å². The highest BCUT2D eigenvalue weighted by Gasteiger charge is 2.17. The molecule has 7 nitrogen and oxygen atoms in total. The van der Waals surface area contributed by atoms with Crippen molar-refractivity contribution in [2.75, 3.05) is 6.54 Å². The number of H-pyrrole nitrogens is 1. The van der Waals surface area contributed by atoms with Gasteiger partial charge in [-0.15, -0.1) is 5.10 Å². The first-order valence-electron chi connectivity index (χ1n) is 8.91. The molecule has 1 aliphatic rings. The molecule has 0 bridgehead atoms. The third-order valence-electron chi connectivity index (χ3n) is 4.80. The monoisotopic (exact) mass is 338 g/mol. The number of benzene rings is 1. The molecule has 1 aromatic carbocycles. The molecule has 0 saturated carbocycles. The molecular weight excluding hydrogens is 316 g/mol. The molecule has 0 spiro atoms. The fourth-order valence-corrected chi connectivity index (χ4v) is 3.46. The van der Waals surface area contributed by atoms with Gasteiger partial charge in [0, 0.05) is 25.1 Å². The van der Waals surface area contributed by atoms with Crippen LogP contribution in [0.2, 0.25) is 0 Å². The van der Waals surface area contributed by atoms with Crippen LogP contribution in [0.4, 0.5) is 0 Å². The largest absolute Gasteiger partial charge is 0.354 e. The van der Waals surface area contributed by atoms with Crippen molar-refractivity contribution < 1.29 is 4.79 Å². The summed E-state index contributed by atoms with van der Waals surface area (Å²) in [6.07, 6.45) is 5.78. The fraction of sp³-hybridized carbons (Fsp3) is 0.444. The van der Waals surface area contributed by atoms with E-state index in [4.69, 9.17) is 0 Å². The van der Waals surface area contributed by atoms with Gasteiger partial charge in [-0.3, -0.25) is 9.89 Å². The maximum absolute atomic E-state index is 12.1. The number of aromatic amines is 1. The quantitative estimate of drug-likeness (QED) is 0.717. The van der Waals surface area contributed by atoms with Crippen molar-refractivity contribution in [2.24, 2.45) is 0 Å². The van der Waals surface area contributed by atoms with E-state index in [0.717, 1.165) is 29.6 Å². The minimum absolute atomic E-state index is 0.0528. The topological polar surface area (TPSA) is 88.5 Å². The molecule has 130 valence electrons. The molecule has 1 aliphatic carbocycles. The van der Waals surface area contributed by atoms with Crippen molar-refractivity contribution in [3.8, 4) is 0 Å². The number of para-hydroxylation sites is 1. The zero-order valence-electron chi connectivity index (χ0n) is 14.2. The first-order valence-corrected chi connectivity index (χ1v) is 8.91. The average molecular weight is 338 g/mol. The van der Waals surface area contributed by atoms with E-state index in [1.54, 1.807) is 0 Å². The molecule has 1 amide bonds. The Bertz CT molecular complexity index is 881. The van der Waals surface area contributed by atoms with E-state index < -0.39 is 0 Å². The predicted molar refractivity (Wildman–Crippen MR) is 94.1 cm³/mol. The summed E-state index contributed by atoms with van der Waals surface area (Å²) in [6, 6.07) is 7.82. The number of hydrogen-bond donors (Lipinski definition) is 2. The molecule has 2 heterocycles. The second kappa shape index (κ2) is 7.04. The van der Waals surface area contributed by atoms with E-state index in [-0.39, 0.29) is 5.91 Å². The van der Waals surface area contributed by atoms with Crippen LogP contribution in [0.1, 0.15) is 36.2 Å². The summed E-state index contributed by atoms with van der Waals surface area (Å²) in [5.74, 6) is 0.0528. The highest BCUT2D eigenvalue weighted by molar-refractivity contribution is 5.76. The molecule has 0 saturated heterocycles. The lowest BCUT2D eigenvalue weighted by Gasteiger charge is -2.11. The molecule has 0 fully saturated rings. The first kappa shape index (κ1) is 15.8. The van der Waals surface area contributed by atoms with Crippen LogP contribution in [0.25, 0.3) is 11.0 Å². The van der Waals surface area contributed by atoms with Gasteiger partial charge in [0.15, 0.2) is 0 Å². The van der Waals surface area contributed by atoms with Crippen LogP contribution in [-0.2, 0) is 30.6 Å². The van der Waals surface area contributed by atoms with Crippen molar-refractivity contribution in [1.82, 2.24) is 30.5 Å². The molecule has 0 radical (unpaired) electrons. The Balaban J connectivity index is 1.26. The number of aryl methyl sites for hydroxylation is 2. The molecule has 7 heteroatoms. The second-order valence-corrected chi connectivity index (χ2v) is 6.49. The number of hydrogen-bond acceptors (Lipinski definition) is 4. The lowest BCUT2D eigenvalue weighted by Crippen LogP contribution is -2.27. The van der Waals surface area contributed by atoms with Gasteiger partial charge >= 0.3 is 0 Å². The third-order valence-corrected chi connectivity index (χ3v) is 4.80. The van der Waals surface area contributed by atoms with Crippen molar-refractivity contribution in [1.29, 1.82) is 0 Å². The summed E-state index contributed by atoms with van der Waals surface area (Å²) in [6.45, 7) is 1.16. The van der Waals surface area contributed by atoms with E-state index in [2.05, 4.69) is 25.8 Å². The molecular formula is C18H22N6O. The van der Waals surface area contributed by atoms with Crippen LogP contribution in [-0.4, -0.2) is 37.6 Å². The van der Waals surface area contributed by atoms with Crippen molar-refractivity contribution in [3.05, 3.63) is 41.2 Å². The first-order chi connectivity index (χ1) is 12.3. The Labute approximate surface area is 145 Å². The van der Waals surface area contributed by atoms with Gasteiger partial charge in [-0.1, -0.05) is 17.3 Å². The molecule has 4 rings (SSSR count). The highest BCUT2D eigenvalue weighted by atomic mass is 16.1. The third kappa shape index (κ3) is 3.40. The van der Waals surface area contributed by atoms with Gasteiger partial charge in [-0.2, -0.15) is 5.10 Å². The highest BCUT2D eigenvalue weighted by Crippen LogP contribution is 2.22. The van der Waals surface area contributed by atoms with Gasteiger partial charge in [0.1, 0.15) is 5.52 Å². The molecule has 0 atom stereocenters. The van der Waals surface area contributed by atoms with E-state index >= 15 is 0 Å². The van der Waals surface area contributed by atoms with E-state index in [0.29, 0.717) is 25.9 Å². The predicted octanol–water partition coefficient (Wildman–Crippen LogP) is 1.78. The van der Waals surface area contributed by atoms with Crippen molar-refractivity contribution in [3.63, 3.8) is 0 Å². The summed E-state index contributed by atoms with van der Waals surface area (Å²) in [5.41, 5.74) is 5.53. The number of carbonyl (C=O) groups is 1. The van der Waals surface area contributed by atoms with Crippen LogP contribution in [0.3, 0.4) is 0 Å². The Morgan fingerprint density at radius 1 is 1.24 bits per heavy atom. The summed E-state index contributed by atoms with van der Waals surface area (Å²) in [7, 11) is 0. The fourth-order valence-electron chi connectivity index (χ4n) is 3.46. The number of fused-ring (bicyclic) bond motifs is 2. The van der Waals surface area contributed by atoms with Gasteiger partial charge in [0.05, 0.1) is 17.8 Å². The zero-order valence-corrected chi connectivity index (χ0v) is 14.2. The molecule has 25 heavy (non-hydrogen) atoms. The minimum Gasteiger partial charge on any atom is -0.354 e. The number of nitrogens with one attached hydrogen (secondary N) is 2. The normalized spacial score (nSPS) is 13.8. The number of carbonyl (C=O) groups excluding carboxylic acids is 1. The van der Waals surface area contributed by atoms with Crippen LogP contribution >= 0.6 is 0 Å². The summed E-state index contributed by atoms with van der Waals surface area (Å²) in [4.78, 5) is 12.1. The standard InChI is InChI=1S/C18H22N6O/c25-18(10-9-15-13-5-1-2-6-14(13)20-21-15)19-11-12-24-17-8-4-3-7-16(17)22-23-24/h3-4,7-8H,1-2,5-6,9-12H2,(H,19,25)(H,20,21). The average Bonchev–Trinajstić information content (AvgIpc) is 3.24. The molecule has 0 aliphatic heterocycles. The molecule has 3 aromatic rings. The van der Waals surface area contributed by atoms with Crippen LogP contribution in [0.5, 0.6) is 0 Å². The number of nitrogens with zero attached hydrogens (tertiary/aromatic N) is 4. The van der Waals surface area contributed by atoms with E-state index in [9.17, 15) is 4.79 Å². The lowest BCUT2D eigenvalue weighted by atomic mass is 9.95. The molecule has 2 N–H and O–H groups in total. The summed E-state index contributed by atoms with van der Waals surface area (Å²) in [5, 5.41) is 18.7. The van der Waals surface area contributed by atoms with Crippen molar-refractivity contribution >= 4 is 16.9 Å². The van der Waals surface area contributed by atoms with Gasteiger partial charge in [0.2, 0.25) is 5.91 Å². The maximum atomic E-state index is 12.1. The summed E-state index contributed by atoms with van der Waals surface area (Å²) >= 11 is 0. The molecule has 0 unspecified atom stereocenters. The Morgan fingerprint density at radius 3 is 3.08 bits per heavy atom. The Kier molecular flexibility index (Phi) is 4.45. The van der Waals surface area contributed by atoms with Crippen LogP contribution in [0, 0.1) is 0 Å². The Hall–Kier alpha value is -2.70. The van der Waals surface area contributed by atoms with Gasteiger partial charge in [0.25, 0.3) is 0 Å². The van der Waals surface area contributed by atoms with Gasteiger partial charge in [-0.05, 0) is 43.4 Å². The number of rotatable bonds is 6. The van der Waals surface area contributed by atoms with E-state index in [1.165, 1.54) is 24.1 Å². The molecule has 2 aromatic heterocycles. The van der Waals surface area contributed by atoms with Crippen LogP contribution < -0.4 is 5.32 Å². The van der Waals surface area contributed by atoms with Gasteiger partial charge in [-0.25, -0.2) is 4.68 Å². The van der Waals surface area contributed by atoms with Gasteiger partial charge < -0.3 is 5.32 Å². The Morgan fingerprint density at radius 2 is 2.12 bits per heavy atom. The number of aromatic nitrogens is 5. The zero-order chi connectivity index (χ0) is 17.1. The second-order valence-electron chi connectivity index (χ2n) is 6.49. The summed E-state index contributed by atoms with van der Waals surface area (Å²) < 4.78 is 1.82. The SMILES string of the molecule is O=C(CCc1n[nH]c2c1CCCC2)NCCn1nnc2ccccc21.